The smallest absolute Gasteiger partial charge is 0.278 e. The lowest BCUT2D eigenvalue weighted by molar-refractivity contribution is -0.137. The van der Waals surface area contributed by atoms with Crippen LogP contribution in [0.3, 0.4) is 0 Å². The number of nitrogens with zero attached hydrogens (tertiary/aromatic N) is 2. The van der Waals surface area contributed by atoms with Crippen LogP contribution >= 0.6 is 0 Å². The fraction of sp³-hybridized carbons (Fsp3) is 0.407. The number of hydrogen-bond donors (Lipinski definition) is 1. The lowest BCUT2D eigenvalue weighted by Gasteiger charge is -2.21. The number of unbranched alkanes of at least 4 members (excludes halogenated alkanes) is 1. The highest BCUT2D eigenvalue weighted by molar-refractivity contribution is 6.36. The van der Waals surface area contributed by atoms with Crippen molar-refractivity contribution in [2.45, 2.75) is 40.0 Å². The summed E-state index contributed by atoms with van der Waals surface area (Å²) in [4.78, 5) is 30.1. The first kappa shape index (κ1) is 24.5. The molecule has 0 saturated carbocycles. The lowest BCUT2D eigenvalue weighted by Crippen LogP contribution is -2.34. The molecule has 1 aliphatic heterocycles. The molecule has 0 atom stereocenters. The average molecular weight is 450 g/mol. The van der Waals surface area contributed by atoms with E-state index in [-0.39, 0.29) is 11.8 Å². The summed E-state index contributed by atoms with van der Waals surface area (Å²) in [5.74, 6) is -0.553. The van der Waals surface area contributed by atoms with Crippen molar-refractivity contribution in [3.63, 3.8) is 0 Å². The van der Waals surface area contributed by atoms with Gasteiger partial charge in [-0.2, -0.15) is 0 Å². The molecule has 176 valence electrons. The van der Waals surface area contributed by atoms with E-state index in [1.54, 1.807) is 0 Å². The van der Waals surface area contributed by atoms with Crippen LogP contribution in [0.1, 0.15) is 45.6 Å². The maximum absolute atomic E-state index is 13.3. The molecule has 33 heavy (non-hydrogen) atoms. The Morgan fingerprint density at radius 2 is 1.52 bits per heavy atom. The van der Waals surface area contributed by atoms with E-state index in [2.05, 4.69) is 31.0 Å². The molecule has 1 N–H and O–H groups in total. The minimum atomic E-state index is -0.291. The van der Waals surface area contributed by atoms with Crippen LogP contribution in [0.5, 0.6) is 0 Å². The molecule has 0 radical (unpaired) electrons. The molecule has 0 aromatic heterocycles. The Labute approximate surface area is 197 Å². The van der Waals surface area contributed by atoms with Crippen LogP contribution in [0.25, 0.3) is 5.57 Å². The molecule has 1 heterocycles. The van der Waals surface area contributed by atoms with E-state index in [0.29, 0.717) is 37.4 Å². The zero-order chi connectivity index (χ0) is 23.6. The van der Waals surface area contributed by atoms with Gasteiger partial charge in [-0.25, -0.2) is 0 Å². The van der Waals surface area contributed by atoms with Gasteiger partial charge in [-0.1, -0.05) is 43.7 Å². The molecule has 6 heteroatoms. The van der Waals surface area contributed by atoms with Crippen LogP contribution in [0.2, 0.25) is 0 Å². The third kappa shape index (κ3) is 6.02. The van der Waals surface area contributed by atoms with Crippen LogP contribution in [0, 0.1) is 0 Å². The van der Waals surface area contributed by atoms with Crippen molar-refractivity contribution in [2.75, 3.05) is 43.1 Å². The van der Waals surface area contributed by atoms with Gasteiger partial charge >= 0.3 is 0 Å². The summed E-state index contributed by atoms with van der Waals surface area (Å²) in [6, 6.07) is 17.3. The number of carbonyl (C=O) groups is 2. The Morgan fingerprint density at radius 3 is 2.15 bits per heavy atom. The first-order valence-corrected chi connectivity index (χ1v) is 12.0. The number of ether oxygens (including phenoxy) is 1. The molecule has 1 aliphatic rings. The first-order valence-electron chi connectivity index (χ1n) is 12.0. The zero-order valence-corrected chi connectivity index (χ0v) is 20.0. The number of imide groups is 1. The Kier molecular flexibility index (Phi) is 9.07. The third-order valence-electron chi connectivity index (χ3n) is 5.81. The monoisotopic (exact) mass is 449 g/mol. The predicted molar refractivity (Wildman–Crippen MR) is 134 cm³/mol. The van der Waals surface area contributed by atoms with Gasteiger partial charge < -0.3 is 15.0 Å². The Morgan fingerprint density at radius 1 is 0.848 bits per heavy atom. The van der Waals surface area contributed by atoms with Crippen molar-refractivity contribution in [1.82, 2.24) is 4.90 Å². The van der Waals surface area contributed by atoms with Gasteiger partial charge in [0.05, 0.1) is 5.57 Å². The van der Waals surface area contributed by atoms with Gasteiger partial charge in [0.2, 0.25) is 0 Å². The van der Waals surface area contributed by atoms with Crippen molar-refractivity contribution >= 4 is 28.8 Å². The van der Waals surface area contributed by atoms with Crippen LogP contribution in [0.15, 0.2) is 60.3 Å². The van der Waals surface area contributed by atoms with Gasteiger partial charge in [0, 0.05) is 44.2 Å². The average Bonchev–Trinajstić information content (AvgIpc) is 3.07. The SMILES string of the molecule is CCCCOCCCN1C(=O)C(Nc2ccc(N(CC)CC)cc2)=C(c2ccccc2)C1=O. The predicted octanol–water partition coefficient (Wildman–Crippen LogP) is 4.93. The van der Waals surface area contributed by atoms with E-state index in [1.807, 2.05) is 54.6 Å². The Hall–Kier alpha value is -3.12. The fourth-order valence-corrected chi connectivity index (χ4v) is 3.93. The highest BCUT2D eigenvalue weighted by Gasteiger charge is 2.38. The maximum atomic E-state index is 13.3. The van der Waals surface area contributed by atoms with Gasteiger partial charge in [0.1, 0.15) is 5.70 Å². The van der Waals surface area contributed by atoms with Crippen LogP contribution in [0.4, 0.5) is 11.4 Å². The van der Waals surface area contributed by atoms with Crippen molar-refractivity contribution in [1.29, 1.82) is 0 Å². The van der Waals surface area contributed by atoms with Crippen molar-refractivity contribution in [2.24, 2.45) is 0 Å². The van der Waals surface area contributed by atoms with Crippen LogP contribution in [-0.4, -0.2) is 49.6 Å². The molecule has 0 fully saturated rings. The van der Waals surface area contributed by atoms with E-state index < -0.39 is 0 Å². The number of amides is 2. The summed E-state index contributed by atoms with van der Waals surface area (Å²) in [5.41, 5.74) is 3.38. The number of nitrogens with one attached hydrogen (secondary N) is 1. The summed E-state index contributed by atoms with van der Waals surface area (Å²) in [6.45, 7) is 9.81. The topological polar surface area (TPSA) is 61.9 Å². The van der Waals surface area contributed by atoms with Crippen LogP contribution in [-0.2, 0) is 14.3 Å². The second kappa shape index (κ2) is 12.2. The lowest BCUT2D eigenvalue weighted by atomic mass is 10.0. The van der Waals surface area contributed by atoms with E-state index >= 15 is 0 Å². The Balaban J connectivity index is 1.79. The maximum Gasteiger partial charge on any atom is 0.278 e. The van der Waals surface area contributed by atoms with E-state index in [1.165, 1.54) is 4.90 Å². The quantitative estimate of drug-likeness (QED) is 0.347. The van der Waals surface area contributed by atoms with Gasteiger partial charge in [-0.05, 0) is 56.5 Å². The molecule has 0 spiro atoms. The molecule has 6 nitrogen and oxygen atoms in total. The zero-order valence-electron chi connectivity index (χ0n) is 20.0. The molecular formula is C27H35N3O3. The number of rotatable bonds is 13. The van der Waals surface area contributed by atoms with Crippen LogP contribution < -0.4 is 10.2 Å². The first-order chi connectivity index (χ1) is 16.1. The number of hydrogen-bond acceptors (Lipinski definition) is 5. The summed E-state index contributed by atoms with van der Waals surface area (Å²) in [6.07, 6.45) is 2.72. The highest BCUT2D eigenvalue weighted by Crippen LogP contribution is 2.31. The fourth-order valence-electron chi connectivity index (χ4n) is 3.93. The molecule has 2 amide bonds. The molecule has 2 aromatic carbocycles. The number of anilines is 2. The molecule has 0 aliphatic carbocycles. The second-order valence-corrected chi connectivity index (χ2v) is 8.04. The minimum Gasteiger partial charge on any atom is -0.381 e. The Bertz CT molecular complexity index is 950. The number of benzene rings is 2. The van der Waals surface area contributed by atoms with E-state index in [4.69, 9.17) is 4.74 Å². The van der Waals surface area contributed by atoms with Gasteiger partial charge in [0.15, 0.2) is 0 Å². The van der Waals surface area contributed by atoms with Gasteiger partial charge in [0.25, 0.3) is 11.8 Å². The second-order valence-electron chi connectivity index (χ2n) is 8.04. The summed E-state index contributed by atoms with van der Waals surface area (Å²) in [5, 5.41) is 3.24. The molecule has 0 saturated heterocycles. The van der Waals surface area contributed by atoms with Gasteiger partial charge in [-0.3, -0.25) is 14.5 Å². The third-order valence-corrected chi connectivity index (χ3v) is 5.81. The molecule has 0 bridgehead atoms. The molecular weight excluding hydrogens is 414 g/mol. The van der Waals surface area contributed by atoms with Crippen molar-refractivity contribution in [3.8, 4) is 0 Å². The summed E-state index contributed by atoms with van der Waals surface area (Å²) < 4.78 is 5.60. The normalized spacial score (nSPS) is 13.7. The van der Waals surface area contributed by atoms with E-state index in [9.17, 15) is 9.59 Å². The summed E-state index contributed by atoms with van der Waals surface area (Å²) >= 11 is 0. The summed E-state index contributed by atoms with van der Waals surface area (Å²) in [7, 11) is 0. The van der Waals surface area contributed by atoms with Crippen molar-refractivity contribution < 1.29 is 14.3 Å². The largest absolute Gasteiger partial charge is 0.381 e. The van der Waals surface area contributed by atoms with E-state index in [0.717, 1.165) is 42.9 Å². The molecule has 0 unspecified atom stereocenters. The highest BCUT2D eigenvalue weighted by atomic mass is 16.5. The van der Waals surface area contributed by atoms with Gasteiger partial charge in [-0.15, -0.1) is 0 Å². The number of carbonyl (C=O) groups excluding carboxylic acids is 2. The van der Waals surface area contributed by atoms with Crippen molar-refractivity contribution in [3.05, 3.63) is 65.9 Å². The molecule has 3 rings (SSSR count). The molecule has 2 aromatic rings. The standard InChI is InChI=1S/C27H35N3O3/c1-4-7-19-33-20-11-18-30-26(31)24(21-12-9-8-10-13-21)25(27(30)32)28-22-14-16-23(17-15-22)29(5-2)6-3/h8-10,12-17,28H,4-7,11,18-20H2,1-3H3. The minimum absolute atomic E-state index is 0.262.